The van der Waals surface area contributed by atoms with Gasteiger partial charge in [-0.25, -0.2) is 0 Å². The number of carbonyl (C=O) groups is 2. The Labute approximate surface area is 210 Å². The van der Waals surface area contributed by atoms with E-state index in [1.54, 1.807) is 6.07 Å². The molecular formula is C30H27ClN2O2. The molecule has 0 aromatic heterocycles. The first kappa shape index (κ1) is 22.3. The van der Waals surface area contributed by atoms with E-state index in [4.69, 9.17) is 11.6 Å². The molecule has 1 aliphatic carbocycles. The Bertz CT molecular complexity index is 1350. The maximum atomic E-state index is 14.8. The van der Waals surface area contributed by atoms with E-state index >= 15 is 0 Å². The van der Waals surface area contributed by atoms with E-state index in [1.165, 1.54) is 0 Å². The number of anilines is 1. The molecule has 176 valence electrons. The fraction of sp³-hybridized carbons (Fsp3) is 0.267. The zero-order valence-corrected chi connectivity index (χ0v) is 20.4. The minimum atomic E-state index is -1.12. The molecule has 3 aliphatic rings. The molecule has 5 heteroatoms. The summed E-state index contributed by atoms with van der Waals surface area (Å²) in [5.74, 6) is -0.185. The van der Waals surface area contributed by atoms with E-state index in [2.05, 4.69) is 22.3 Å². The molecule has 1 saturated carbocycles. The van der Waals surface area contributed by atoms with E-state index in [0.29, 0.717) is 24.4 Å². The highest BCUT2D eigenvalue weighted by molar-refractivity contribution is 6.31. The van der Waals surface area contributed by atoms with Gasteiger partial charge < -0.3 is 5.32 Å². The van der Waals surface area contributed by atoms with Gasteiger partial charge in [0.25, 0.3) is 5.91 Å². The lowest BCUT2D eigenvalue weighted by atomic mass is 9.53. The van der Waals surface area contributed by atoms with Crippen LogP contribution in [0.5, 0.6) is 0 Å². The van der Waals surface area contributed by atoms with Gasteiger partial charge in [0.15, 0.2) is 5.78 Å². The van der Waals surface area contributed by atoms with E-state index in [9.17, 15) is 9.59 Å². The highest BCUT2D eigenvalue weighted by Gasteiger charge is 2.73. The van der Waals surface area contributed by atoms with Crippen molar-refractivity contribution < 1.29 is 9.59 Å². The monoisotopic (exact) mass is 482 g/mol. The summed E-state index contributed by atoms with van der Waals surface area (Å²) in [4.78, 5) is 30.9. The molecule has 0 radical (unpaired) electrons. The highest BCUT2D eigenvalue weighted by Crippen LogP contribution is 2.66. The largest absolute Gasteiger partial charge is 0.324 e. The topological polar surface area (TPSA) is 49.4 Å². The second-order valence-electron chi connectivity index (χ2n) is 9.93. The van der Waals surface area contributed by atoms with Crippen LogP contribution in [0.25, 0.3) is 6.08 Å². The second-order valence-corrected chi connectivity index (χ2v) is 10.4. The van der Waals surface area contributed by atoms with Crippen LogP contribution < -0.4 is 5.32 Å². The lowest BCUT2D eigenvalue weighted by Gasteiger charge is -2.48. The molecule has 35 heavy (non-hydrogen) atoms. The maximum Gasteiger partial charge on any atom is 0.250 e. The molecule has 4 nitrogen and oxygen atoms in total. The number of hydrogen-bond donors (Lipinski definition) is 1. The van der Waals surface area contributed by atoms with E-state index in [0.717, 1.165) is 34.4 Å². The van der Waals surface area contributed by atoms with Gasteiger partial charge in [0.05, 0.1) is 5.41 Å². The second kappa shape index (κ2) is 8.18. The average Bonchev–Trinajstić information content (AvgIpc) is 3.31. The zero-order valence-electron chi connectivity index (χ0n) is 19.6. The number of halogens is 1. The number of likely N-dealkylation sites (N-methyl/N-ethyl adjacent to an activating group) is 1. The van der Waals surface area contributed by atoms with Crippen molar-refractivity contribution in [2.45, 2.75) is 30.7 Å². The van der Waals surface area contributed by atoms with Crippen molar-refractivity contribution in [1.82, 2.24) is 4.90 Å². The molecule has 6 rings (SSSR count). The Morgan fingerprint density at radius 3 is 2.46 bits per heavy atom. The van der Waals surface area contributed by atoms with Crippen LogP contribution in [0.4, 0.5) is 5.69 Å². The number of ketones is 1. The van der Waals surface area contributed by atoms with Crippen LogP contribution in [-0.4, -0.2) is 30.2 Å². The van der Waals surface area contributed by atoms with Crippen LogP contribution >= 0.6 is 11.6 Å². The van der Waals surface area contributed by atoms with Crippen molar-refractivity contribution in [1.29, 1.82) is 0 Å². The molecule has 2 aliphatic heterocycles. The summed E-state index contributed by atoms with van der Waals surface area (Å²) >= 11 is 6.48. The molecule has 3 aromatic carbocycles. The fourth-order valence-electron chi connectivity index (χ4n) is 6.95. The van der Waals surface area contributed by atoms with Crippen molar-refractivity contribution in [2.75, 3.05) is 18.9 Å². The van der Waals surface area contributed by atoms with E-state index in [-0.39, 0.29) is 17.6 Å². The molecule has 1 N–H and O–H groups in total. The summed E-state index contributed by atoms with van der Waals surface area (Å²) < 4.78 is 0. The number of Topliss-reactive ketones (excluding diaryl/α,β-unsaturated/α-hetero) is 1. The van der Waals surface area contributed by atoms with E-state index < -0.39 is 11.0 Å². The molecule has 3 atom stereocenters. The highest BCUT2D eigenvalue weighted by atomic mass is 35.5. The van der Waals surface area contributed by atoms with Gasteiger partial charge in [-0.2, -0.15) is 0 Å². The third kappa shape index (κ3) is 3.03. The number of likely N-dealkylation sites (tertiary alicyclic amines) is 1. The number of fused-ring (bicyclic) bond motifs is 3. The minimum absolute atomic E-state index is 0.0776. The molecule has 2 heterocycles. The van der Waals surface area contributed by atoms with Crippen LogP contribution in [0.15, 0.2) is 84.4 Å². The number of hydrogen-bond acceptors (Lipinski definition) is 3. The summed E-state index contributed by atoms with van der Waals surface area (Å²) in [7, 11) is 1.97. The molecule has 1 amide bonds. The maximum absolute atomic E-state index is 14.8. The lowest BCUT2D eigenvalue weighted by Crippen LogP contribution is -2.60. The number of carbonyl (C=O) groups excluding carboxylic acids is 2. The number of nitrogens with one attached hydrogen (secondary N) is 1. The standard InChI is InChI=1S/C30H27ClN2O2/c1-33-19-25(21-11-6-3-7-12-21)29(30(33)24-18-23(31)14-15-26(24)32-28(30)35)16-8-13-22(27(29)34)17-20-9-4-2-5-10-20/h2-7,9-12,14-15,17-18,25H,8,13,16,19H2,1H3,(H,32,35)/b22-17+/t25-,29+,30+/m1/s1. The van der Waals surface area contributed by atoms with Crippen molar-refractivity contribution >= 4 is 35.1 Å². The van der Waals surface area contributed by atoms with Crippen LogP contribution in [-0.2, 0) is 15.1 Å². The first-order valence-corrected chi connectivity index (χ1v) is 12.5. The van der Waals surface area contributed by atoms with Crippen molar-refractivity contribution in [3.05, 3.63) is 106 Å². The number of nitrogens with zero attached hydrogens (tertiary/aromatic N) is 1. The van der Waals surface area contributed by atoms with Gasteiger partial charge in [-0.15, -0.1) is 0 Å². The Kier molecular flexibility index (Phi) is 5.21. The third-order valence-corrected chi connectivity index (χ3v) is 8.51. The molecule has 0 bridgehead atoms. The number of amides is 1. The van der Waals surface area contributed by atoms with Gasteiger partial charge in [0.2, 0.25) is 0 Å². The fourth-order valence-corrected chi connectivity index (χ4v) is 7.13. The summed E-state index contributed by atoms with van der Waals surface area (Å²) in [6.07, 6.45) is 4.21. The normalized spacial score (nSPS) is 29.2. The average molecular weight is 483 g/mol. The van der Waals surface area contributed by atoms with Gasteiger partial charge in [-0.05, 0) is 67.3 Å². The number of benzene rings is 3. The summed E-state index contributed by atoms with van der Waals surface area (Å²) in [5, 5.41) is 3.67. The first-order valence-electron chi connectivity index (χ1n) is 12.2. The van der Waals surface area contributed by atoms with Gasteiger partial charge in [0, 0.05) is 28.7 Å². The molecule has 2 fully saturated rings. The zero-order chi connectivity index (χ0) is 24.2. The van der Waals surface area contributed by atoms with Gasteiger partial charge in [-0.1, -0.05) is 72.3 Å². The summed E-state index contributed by atoms with van der Waals surface area (Å²) in [6, 6.07) is 25.7. The quantitative estimate of drug-likeness (QED) is 0.453. The molecular weight excluding hydrogens is 456 g/mol. The molecule has 0 unspecified atom stereocenters. The van der Waals surface area contributed by atoms with Gasteiger partial charge >= 0.3 is 0 Å². The van der Waals surface area contributed by atoms with Gasteiger partial charge in [0.1, 0.15) is 5.54 Å². The van der Waals surface area contributed by atoms with Crippen LogP contribution in [0.1, 0.15) is 41.9 Å². The summed E-state index contributed by atoms with van der Waals surface area (Å²) in [5.41, 5.74) is 2.37. The van der Waals surface area contributed by atoms with Crippen LogP contribution in [0.3, 0.4) is 0 Å². The molecule has 2 spiro atoms. The minimum Gasteiger partial charge on any atom is -0.324 e. The van der Waals surface area contributed by atoms with Crippen molar-refractivity contribution in [3.63, 3.8) is 0 Å². The Morgan fingerprint density at radius 1 is 1.00 bits per heavy atom. The third-order valence-electron chi connectivity index (χ3n) is 8.27. The smallest absolute Gasteiger partial charge is 0.250 e. The van der Waals surface area contributed by atoms with Gasteiger partial charge in [-0.3, -0.25) is 14.5 Å². The first-order chi connectivity index (χ1) is 17.0. The Hall–Kier alpha value is -3.21. The lowest BCUT2D eigenvalue weighted by molar-refractivity contribution is -0.144. The number of allylic oxidation sites excluding steroid dienone is 1. The van der Waals surface area contributed by atoms with Crippen molar-refractivity contribution in [2.24, 2.45) is 5.41 Å². The molecule has 1 saturated heterocycles. The Morgan fingerprint density at radius 2 is 1.71 bits per heavy atom. The Balaban J connectivity index is 1.62. The SMILES string of the molecule is CN1C[C@H](c2ccccc2)[C@]2(CCC/C(=C\c3ccccc3)C2=O)[C@]12C(=O)Nc1ccc(Cl)cc12. The molecule has 3 aromatic rings. The van der Waals surface area contributed by atoms with Crippen molar-refractivity contribution in [3.8, 4) is 0 Å². The predicted octanol–water partition coefficient (Wildman–Crippen LogP) is 6.04. The van der Waals surface area contributed by atoms with E-state index in [1.807, 2.05) is 73.8 Å². The summed E-state index contributed by atoms with van der Waals surface area (Å²) in [6.45, 7) is 0.605. The number of rotatable bonds is 2. The van der Waals surface area contributed by atoms with Crippen LogP contribution in [0.2, 0.25) is 5.02 Å². The predicted molar refractivity (Wildman–Crippen MR) is 139 cm³/mol. The van der Waals surface area contributed by atoms with Crippen LogP contribution in [0, 0.1) is 5.41 Å².